The van der Waals surface area contributed by atoms with Gasteiger partial charge in [0, 0.05) is 11.4 Å². The Labute approximate surface area is 113 Å². The fourth-order valence-corrected chi connectivity index (χ4v) is 2.41. The minimum atomic E-state index is 0.128. The number of hydrogen-bond acceptors (Lipinski definition) is 7. The number of rotatable bonds is 5. The average molecular weight is 286 g/mol. The number of ether oxygens (including phenoxy) is 1. The third-order valence-corrected chi connectivity index (χ3v) is 3.39. The number of aromatic nitrogens is 3. The van der Waals surface area contributed by atoms with Crippen molar-refractivity contribution < 1.29 is 4.74 Å². The molecule has 0 atom stereocenters. The van der Waals surface area contributed by atoms with Crippen LogP contribution in [0.1, 0.15) is 4.88 Å². The Morgan fingerprint density at radius 3 is 2.89 bits per heavy atom. The second-order valence-corrected chi connectivity index (χ2v) is 5.19. The molecule has 6 nitrogen and oxygen atoms in total. The van der Waals surface area contributed by atoms with Crippen molar-refractivity contribution in [1.82, 2.24) is 15.0 Å². The lowest BCUT2D eigenvalue weighted by molar-refractivity contribution is 0.379. The third kappa shape index (κ3) is 3.44. The van der Waals surface area contributed by atoms with Gasteiger partial charge in [0.15, 0.2) is 0 Å². The van der Waals surface area contributed by atoms with Crippen LogP contribution in [-0.4, -0.2) is 28.6 Å². The summed E-state index contributed by atoms with van der Waals surface area (Å²) in [6.45, 7) is 0.684. The smallest absolute Gasteiger partial charge is 0.322 e. The highest BCUT2D eigenvalue weighted by molar-refractivity contribution is 7.16. The van der Waals surface area contributed by atoms with Crippen LogP contribution in [0, 0.1) is 0 Å². The maximum atomic E-state index is 5.85. The Kier molecular flexibility index (Phi) is 4.16. The van der Waals surface area contributed by atoms with E-state index in [1.807, 2.05) is 12.1 Å². The number of halogens is 1. The molecule has 0 spiro atoms. The molecule has 2 aromatic rings. The summed E-state index contributed by atoms with van der Waals surface area (Å²) in [4.78, 5) is 13.0. The average Bonchev–Trinajstić information content (AvgIpc) is 2.74. The maximum absolute atomic E-state index is 5.85. The SMILES string of the molecule is COc1nc(N)nc(NCCc2ccc(Cl)s2)n1. The number of anilines is 2. The summed E-state index contributed by atoms with van der Waals surface area (Å²) >= 11 is 7.41. The maximum Gasteiger partial charge on any atom is 0.322 e. The molecule has 3 N–H and O–H groups in total. The lowest BCUT2D eigenvalue weighted by Crippen LogP contribution is -2.10. The fourth-order valence-electron chi connectivity index (χ4n) is 1.33. The Balaban J connectivity index is 1.91. The van der Waals surface area contributed by atoms with Gasteiger partial charge in [-0.1, -0.05) is 11.6 Å². The molecule has 0 saturated carbocycles. The van der Waals surface area contributed by atoms with Gasteiger partial charge in [0.05, 0.1) is 11.4 Å². The summed E-state index contributed by atoms with van der Waals surface area (Å²) in [5, 5.41) is 3.06. The van der Waals surface area contributed by atoms with Crippen LogP contribution in [0.4, 0.5) is 11.9 Å². The first kappa shape index (κ1) is 12.8. The minimum Gasteiger partial charge on any atom is -0.467 e. The molecular weight excluding hydrogens is 274 g/mol. The van der Waals surface area contributed by atoms with Gasteiger partial charge in [-0.05, 0) is 18.6 Å². The van der Waals surface area contributed by atoms with Gasteiger partial charge in [0.25, 0.3) is 0 Å². The number of nitrogen functional groups attached to an aromatic ring is 1. The molecule has 8 heteroatoms. The van der Waals surface area contributed by atoms with E-state index in [9.17, 15) is 0 Å². The molecule has 2 heterocycles. The molecular formula is C10H12ClN5OS. The van der Waals surface area contributed by atoms with Crippen LogP contribution < -0.4 is 15.8 Å². The molecule has 0 unspecified atom stereocenters. The van der Waals surface area contributed by atoms with Crippen molar-refractivity contribution >= 4 is 34.8 Å². The number of thiophene rings is 1. The fraction of sp³-hybridized carbons (Fsp3) is 0.300. The van der Waals surface area contributed by atoms with Crippen LogP contribution in [-0.2, 0) is 6.42 Å². The predicted octanol–water partition coefficient (Wildman–Crippen LogP) is 1.83. The lowest BCUT2D eigenvalue weighted by atomic mass is 10.3. The van der Waals surface area contributed by atoms with Gasteiger partial charge in [-0.2, -0.15) is 15.0 Å². The molecule has 0 aromatic carbocycles. The number of nitrogens with two attached hydrogens (primary N) is 1. The highest BCUT2D eigenvalue weighted by Gasteiger charge is 2.04. The topological polar surface area (TPSA) is 86.0 Å². The molecule has 0 fully saturated rings. The Morgan fingerprint density at radius 1 is 1.39 bits per heavy atom. The van der Waals surface area contributed by atoms with E-state index >= 15 is 0 Å². The van der Waals surface area contributed by atoms with Crippen LogP contribution in [0.5, 0.6) is 6.01 Å². The van der Waals surface area contributed by atoms with Crippen molar-refractivity contribution in [1.29, 1.82) is 0 Å². The van der Waals surface area contributed by atoms with E-state index in [4.69, 9.17) is 22.1 Å². The molecule has 2 aromatic heterocycles. The van der Waals surface area contributed by atoms with Gasteiger partial charge < -0.3 is 15.8 Å². The van der Waals surface area contributed by atoms with Gasteiger partial charge in [0.2, 0.25) is 11.9 Å². The van der Waals surface area contributed by atoms with Crippen molar-refractivity contribution in [3.8, 4) is 6.01 Å². The largest absolute Gasteiger partial charge is 0.467 e. The zero-order valence-electron chi connectivity index (χ0n) is 9.68. The Bertz CT molecular complexity index is 533. The summed E-state index contributed by atoms with van der Waals surface area (Å²) in [5.74, 6) is 0.533. The Morgan fingerprint density at radius 2 is 2.22 bits per heavy atom. The second kappa shape index (κ2) is 5.83. The first-order valence-corrected chi connectivity index (χ1v) is 6.40. The molecule has 96 valence electrons. The highest BCUT2D eigenvalue weighted by Crippen LogP contribution is 2.21. The van der Waals surface area contributed by atoms with E-state index in [-0.39, 0.29) is 12.0 Å². The highest BCUT2D eigenvalue weighted by atomic mass is 35.5. The first-order valence-electron chi connectivity index (χ1n) is 5.21. The summed E-state index contributed by atoms with van der Waals surface area (Å²) in [7, 11) is 1.48. The number of nitrogens with zero attached hydrogens (tertiary/aromatic N) is 3. The van der Waals surface area contributed by atoms with Crippen molar-refractivity contribution in [3.63, 3.8) is 0 Å². The normalized spacial score (nSPS) is 10.3. The molecule has 0 aliphatic heterocycles. The van der Waals surface area contributed by atoms with Crippen LogP contribution in [0.2, 0.25) is 4.34 Å². The number of hydrogen-bond donors (Lipinski definition) is 2. The molecule has 2 rings (SSSR count). The molecule has 0 aliphatic carbocycles. The molecule has 0 bridgehead atoms. The van der Waals surface area contributed by atoms with E-state index < -0.39 is 0 Å². The number of nitrogens with one attached hydrogen (secondary N) is 1. The quantitative estimate of drug-likeness (QED) is 0.872. The molecule has 18 heavy (non-hydrogen) atoms. The molecule has 0 saturated heterocycles. The van der Waals surface area contributed by atoms with Gasteiger partial charge >= 0.3 is 6.01 Å². The van der Waals surface area contributed by atoms with Gasteiger partial charge in [-0.15, -0.1) is 11.3 Å². The van der Waals surface area contributed by atoms with Crippen LogP contribution >= 0.6 is 22.9 Å². The van der Waals surface area contributed by atoms with Crippen molar-refractivity contribution in [2.24, 2.45) is 0 Å². The number of methoxy groups -OCH3 is 1. The summed E-state index contributed by atoms with van der Waals surface area (Å²) in [6, 6.07) is 4.08. The predicted molar refractivity (Wildman–Crippen MR) is 72.3 cm³/mol. The van der Waals surface area contributed by atoms with Crippen LogP contribution in [0.15, 0.2) is 12.1 Å². The van der Waals surface area contributed by atoms with E-state index in [2.05, 4.69) is 20.3 Å². The molecule has 0 radical (unpaired) electrons. The van der Waals surface area contributed by atoms with Gasteiger partial charge in [-0.3, -0.25) is 0 Å². The van der Waals surface area contributed by atoms with Crippen molar-refractivity contribution in [2.45, 2.75) is 6.42 Å². The van der Waals surface area contributed by atoms with E-state index in [1.54, 1.807) is 11.3 Å². The zero-order chi connectivity index (χ0) is 13.0. The molecule has 0 amide bonds. The van der Waals surface area contributed by atoms with Crippen molar-refractivity contribution in [3.05, 3.63) is 21.3 Å². The van der Waals surface area contributed by atoms with Crippen molar-refractivity contribution in [2.75, 3.05) is 24.7 Å². The lowest BCUT2D eigenvalue weighted by Gasteiger charge is -2.05. The second-order valence-electron chi connectivity index (χ2n) is 3.39. The summed E-state index contributed by atoms with van der Waals surface area (Å²) < 4.78 is 5.69. The standard InChI is InChI=1S/C10H12ClN5OS/c1-17-10-15-8(12)14-9(16-10)13-5-4-6-2-3-7(11)18-6/h2-3H,4-5H2,1H3,(H3,12,13,14,15,16). The van der Waals surface area contributed by atoms with E-state index in [0.717, 1.165) is 10.8 Å². The monoisotopic (exact) mass is 285 g/mol. The zero-order valence-corrected chi connectivity index (χ0v) is 11.3. The minimum absolute atomic E-state index is 0.128. The molecule has 0 aliphatic rings. The third-order valence-electron chi connectivity index (χ3n) is 2.10. The van der Waals surface area contributed by atoms with Crippen LogP contribution in [0.25, 0.3) is 0 Å². The van der Waals surface area contributed by atoms with E-state index in [1.165, 1.54) is 12.0 Å². The Hall–Kier alpha value is -1.60. The van der Waals surface area contributed by atoms with Crippen LogP contribution in [0.3, 0.4) is 0 Å². The summed E-state index contributed by atoms with van der Waals surface area (Å²) in [5.41, 5.74) is 5.52. The van der Waals surface area contributed by atoms with Gasteiger partial charge in [-0.25, -0.2) is 0 Å². The first-order chi connectivity index (χ1) is 8.67. The van der Waals surface area contributed by atoms with E-state index in [0.29, 0.717) is 12.5 Å². The van der Waals surface area contributed by atoms with Gasteiger partial charge in [0.1, 0.15) is 0 Å². The summed E-state index contributed by atoms with van der Waals surface area (Å²) in [6.07, 6.45) is 0.839.